The first kappa shape index (κ1) is 12.4. The van der Waals surface area contributed by atoms with Gasteiger partial charge in [0.1, 0.15) is 11.5 Å². The summed E-state index contributed by atoms with van der Waals surface area (Å²) in [6.45, 7) is 0. The van der Waals surface area contributed by atoms with Gasteiger partial charge in [0, 0.05) is 17.7 Å². The van der Waals surface area contributed by atoms with Crippen LogP contribution in [0.15, 0.2) is 42.5 Å². The Balaban J connectivity index is 1.83. The highest BCUT2D eigenvalue weighted by Crippen LogP contribution is 2.64. The van der Waals surface area contributed by atoms with E-state index in [2.05, 4.69) is 41.7 Å². The minimum absolute atomic E-state index is 0.0777. The number of para-hydroxylation sites is 1. The minimum Gasteiger partial charge on any atom is -0.497 e. The van der Waals surface area contributed by atoms with Gasteiger partial charge in [-0.15, -0.1) is 0 Å². The summed E-state index contributed by atoms with van der Waals surface area (Å²) >= 11 is 0. The van der Waals surface area contributed by atoms with Gasteiger partial charge in [-0.1, -0.05) is 24.6 Å². The van der Waals surface area contributed by atoms with Gasteiger partial charge in [-0.25, -0.2) is 0 Å². The molecule has 3 aliphatic rings. The van der Waals surface area contributed by atoms with Crippen molar-refractivity contribution in [1.82, 2.24) is 0 Å². The molecule has 1 N–H and O–H groups in total. The smallest absolute Gasteiger partial charge is 0.194 e. The van der Waals surface area contributed by atoms with Crippen molar-refractivity contribution in [3.8, 4) is 11.5 Å². The van der Waals surface area contributed by atoms with E-state index in [1.807, 2.05) is 6.07 Å². The molecule has 2 atom stereocenters. The summed E-state index contributed by atoms with van der Waals surface area (Å²) in [5.41, 5.74) is 3.48. The molecule has 0 unspecified atom stereocenters. The molecule has 22 heavy (non-hydrogen) atoms. The van der Waals surface area contributed by atoms with Crippen LogP contribution in [0.5, 0.6) is 11.5 Å². The third-order valence-electron chi connectivity index (χ3n) is 5.67. The van der Waals surface area contributed by atoms with Crippen molar-refractivity contribution in [2.75, 3.05) is 12.4 Å². The number of rotatable bonds is 1. The molecular weight excluding hydrogens is 274 g/mol. The van der Waals surface area contributed by atoms with Crippen molar-refractivity contribution in [2.24, 2.45) is 0 Å². The standard InChI is InChI=1S/C19H19NO2/c1-21-13-8-9-17-15(12-13)18-10-4-5-11-19(18,22-17)20-16-7-3-2-6-14(16)18/h2-3,6-9,12,20H,4-5,10-11H2,1H3/t18-,19+/m0/s1. The number of anilines is 1. The topological polar surface area (TPSA) is 30.5 Å². The molecule has 1 saturated carbocycles. The van der Waals surface area contributed by atoms with Crippen molar-refractivity contribution in [3.05, 3.63) is 53.6 Å². The molecule has 0 aromatic heterocycles. The Kier molecular flexibility index (Phi) is 2.24. The maximum absolute atomic E-state index is 6.53. The van der Waals surface area contributed by atoms with Crippen LogP contribution in [-0.2, 0) is 5.41 Å². The van der Waals surface area contributed by atoms with E-state index in [9.17, 15) is 0 Å². The zero-order valence-corrected chi connectivity index (χ0v) is 12.7. The van der Waals surface area contributed by atoms with Crippen LogP contribution in [0.1, 0.15) is 36.8 Å². The predicted molar refractivity (Wildman–Crippen MR) is 85.7 cm³/mol. The van der Waals surface area contributed by atoms with E-state index in [0.29, 0.717) is 0 Å². The maximum atomic E-state index is 6.53. The maximum Gasteiger partial charge on any atom is 0.194 e. The molecule has 1 fully saturated rings. The van der Waals surface area contributed by atoms with E-state index < -0.39 is 0 Å². The second-order valence-corrected chi connectivity index (χ2v) is 6.57. The Morgan fingerprint density at radius 2 is 1.91 bits per heavy atom. The average molecular weight is 293 g/mol. The predicted octanol–water partition coefficient (Wildman–Crippen LogP) is 4.07. The van der Waals surface area contributed by atoms with Crippen LogP contribution in [0.2, 0.25) is 0 Å². The second-order valence-electron chi connectivity index (χ2n) is 6.57. The molecule has 2 aromatic carbocycles. The van der Waals surface area contributed by atoms with Crippen molar-refractivity contribution in [1.29, 1.82) is 0 Å². The van der Waals surface area contributed by atoms with Crippen molar-refractivity contribution < 1.29 is 9.47 Å². The van der Waals surface area contributed by atoms with Crippen LogP contribution in [0.4, 0.5) is 5.69 Å². The van der Waals surface area contributed by atoms with E-state index in [-0.39, 0.29) is 11.1 Å². The third-order valence-corrected chi connectivity index (χ3v) is 5.67. The highest BCUT2D eigenvalue weighted by molar-refractivity contribution is 5.72. The molecule has 2 aromatic rings. The van der Waals surface area contributed by atoms with Crippen molar-refractivity contribution in [3.63, 3.8) is 0 Å². The minimum atomic E-state index is -0.316. The van der Waals surface area contributed by atoms with E-state index >= 15 is 0 Å². The molecule has 112 valence electrons. The molecule has 0 bridgehead atoms. The third kappa shape index (κ3) is 1.24. The summed E-state index contributed by atoms with van der Waals surface area (Å²) in [7, 11) is 1.73. The largest absolute Gasteiger partial charge is 0.497 e. The van der Waals surface area contributed by atoms with Crippen LogP contribution in [-0.4, -0.2) is 12.8 Å². The van der Waals surface area contributed by atoms with Crippen molar-refractivity contribution >= 4 is 5.69 Å². The number of methoxy groups -OCH3 is 1. The number of hydrogen-bond acceptors (Lipinski definition) is 3. The molecule has 0 spiro atoms. The normalized spacial score (nSPS) is 30.4. The van der Waals surface area contributed by atoms with Gasteiger partial charge in [0.2, 0.25) is 0 Å². The van der Waals surface area contributed by atoms with Gasteiger partial charge in [0.15, 0.2) is 5.72 Å². The van der Waals surface area contributed by atoms with Gasteiger partial charge >= 0.3 is 0 Å². The lowest BCUT2D eigenvalue weighted by Crippen LogP contribution is -2.55. The first-order valence-electron chi connectivity index (χ1n) is 8.04. The molecule has 0 amide bonds. The Morgan fingerprint density at radius 3 is 2.82 bits per heavy atom. The average Bonchev–Trinajstić information content (AvgIpc) is 3.01. The van der Waals surface area contributed by atoms with Gasteiger partial charge in [0.25, 0.3) is 0 Å². The first-order valence-corrected chi connectivity index (χ1v) is 8.04. The summed E-state index contributed by atoms with van der Waals surface area (Å²) in [6, 6.07) is 14.9. The van der Waals surface area contributed by atoms with Crippen LogP contribution in [0.3, 0.4) is 0 Å². The SMILES string of the molecule is COc1ccc2c(c1)[C@@]13CCCC[C@@]1(Nc1ccccc13)O2. The molecular formula is C19H19NO2. The highest BCUT2D eigenvalue weighted by Gasteiger charge is 2.66. The lowest BCUT2D eigenvalue weighted by molar-refractivity contribution is 0.0368. The molecule has 2 aliphatic heterocycles. The lowest BCUT2D eigenvalue weighted by Gasteiger charge is -2.43. The van der Waals surface area contributed by atoms with Crippen LogP contribution < -0.4 is 14.8 Å². The Bertz CT molecular complexity index is 772. The van der Waals surface area contributed by atoms with Gasteiger partial charge in [0.05, 0.1) is 12.5 Å². The van der Waals surface area contributed by atoms with Crippen LogP contribution in [0.25, 0.3) is 0 Å². The Morgan fingerprint density at radius 1 is 1.05 bits per heavy atom. The van der Waals surface area contributed by atoms with Gasteiger partial charge in [-0.3, -0.25) is 0 Å². The molecule has 2 heterocycles. The number of fused-ring (bicyclic) bond motifs is 2. The first-order chi connectivity index (χ1) is 10.8. The van der Waals surface area contributed by atoms with E-state index in [1.54, 1.807) is 7.11 Å². The molecule has 0 radical (unpaired) electrons. The van der Waals surface area contributed by atoms with Gasteiger partial charge in [-0.2, -0.15) is 0 Å². The fourth-order valence-corrected chi connectivity index (χ4v) is 4.79. The van der Waals surface area contributed by atoms with E-state index in [4.69, 9.17) is 9.47 Å². The van der Waals surface area contributed by atoms with E-state index in [0.717, 1.165) is 24.3 Å². The summed E-state index contributed by atoms with van der Waals surface area (Å²) < 4.78 is 12.0. The zero-order chi connectivity index (χ0) is 14.8. The van der Waals surface area contributed by atoms with Gasteiger partial charge < -0.3 is 14.8 Å². The molecule has 0 saturated heterocycles. The van der Waals surface area contributed by atoms with Gasteiger partial charge in [-0.05, 0) is 42.7 Å². The highest BCUT2D eigenvalue weighted by atomic mass is 16.5. The molecule has 3 heteroatoms. The fourth-order valence-electron chi connectivity index (χ4n) is 4.79. The Hall–Kier alpha value is -2.16. The molecule has 1 aliphatic carbocycles. The number of nitrogens with one attached hydrogen (secondary N) is 1. The molecule has 3 nitrogen and oxygen atoms in total. The zero-order valence-electron chi connectivity index (χ0n) is 12.7. The lowest BCUT2D eigenvalue weighted by atomic mass is 9.63. The Labute approximate surface area is 130 Å². The summed E-state index contributed by atoms with van der Waals surface area (Å²) in [6.07, 6.45) is 4.60. The van der Waals surface area contributed by atoms with E-state index in [1.165, 1.54) is 29.7 Å². The number of ether oxygens (including phenoxy) is 2. The molecule has 5 rings (SSSR count). The van der Waals surface area contributed by atoms with Crippen LogP contribution >= 0.6 is 0 Å². The second kappa shape index (κ2) is 3.97. The number of benzene rings is 2. The number of hydrogen-bond donors (Lipinski definition) is 1. The monoisotopic (exact) mass is 293 g/mol. The summed E-state index contributed by atoms with van der Waals surface area (Å²) in [5.74, 6) is 1.91. The van der Waals surface area contributed by atoms with Crippen molar-refractivity contribution in [2.45, 2.75) is 36.8 Å². The summed E-state index contributed by atoms with van der Waals surface area (Å²) in [4.78, 5) is 0. The summed E-state index contributed by atoms with van der Waals surface area (Å²) in [5, 5.41) is 3.72. The van der Waals surface area contributed by atoms with Crippen LogP contribution in [0, 0.1) is 0 Å². The quantitative estimate of drug-likeness (QED) is 0.859. The fraction of sp³-hybridized carbons (Fsp3) is 0.368.